The first-order chi connectivity index (χ1) is 6.68. The second-order valence-electron chi connectivity index (χ2n) is 3.01. The molecule has 0 aliphatic heterocycles. The van der Waals surface area contributed by atoms with Crippen molar-refractivity contribution in [2.75, 3.05) is 6.54 Å². The third-order valence-corrected chi connectivity index (χ3v) is 1.65. The first kappa shape index (κ1) is 10.5. The number of nitrogens with one attached hydrogen (secondary N) is 1. The van der Waals surface area contributed by atoms with Crippen LogP contribution in [0.2, 0.25) is 0 Å². The summed E-state index contributed by atoms with van der Waals surface area (Å²) >= 11 is 0. The van der Waals surface area contributed by atoms with E-state index in [2.05, 4.69) is 5.32 Å². The van der Waals surface area contributed by atoms with Crippen molar-refractivity contribution in [3.8, 4) is 0 Å². The van der Waals surface area contributed by atoms with Gasteiger partial charge in [-0.1, -0.05) is 5.57 Å². The number of hydrogen-bond acceptors (Lipinski definition) is 3. The summed E-state index contributed by atoms with van der Waals surface area (Å²) in [5, 5.41) is 11.5. The fourth-order valence-corrected chi connectivity index (χ4v) is 1.06. The summed E-state index contributed by atoms with van der Waals surface area (Å²) < 4.78 is 5.10. The maximum atomic E-state index is 10.3. The molecule has 0 saturated carbocycles. The monoisotopic (exact) mass is 195 g/mol. The lowest BCUT2D eigenvalue weighted by atomic mass is 10.3. The highest BCUT2D eigenvalue weighted by atomic mass is 16.4. The Hall–Kier alpha value is -1.55. The maximum Gasteiger partial charge on any atom is 0.328 e. The van der Waals surface area contributed by atoms with Gasteiger partial charge >= 0.3 is 5.97 Å². The molecular weight excluding hydrogens is 182 g/mol. The predicted molar refractivity (Wildman–Crippen MR) is 51.8 cm³/mol. The molecule has 0 unspecified atom stereocenters. The minimum atomic E-state index is -0.915. The Morgan fingerprint density at radius 1 is 1.71 bits per heavy atom. The van der Waals surface area contributed by atoms with E-state index in [-0.39, 0.29) is 0 Å². The smallest absolute Gasteiger partial charge is 0.328 e. The lowest BCUT2D eigenvalue weighted by molar-refractivity contribution is -0.131. The highest BCUT2D eigenvalue weighted by Crippen LogP contribution is 1.99. The Bertz CT molecular complexity index is 314. The van der Waals surface area contributed by atoms with Gasteiger partial charge in [0.25, 0.3) is 0 Å². The lowest BCUT2D eigenvalue weighted by Gasteiger charge is -2.01. The van der Waals surface area contributed by atoms with Gasteiger partial charge in [-0.2, -0.15) is 0 Å². The molecule has 1 heterocycles. The summed E-state index contributed by atoms with van der Waals surface area (Å²) in [6.45, 7) is 2.92. The Balaban J connectivity index is 2.25. The Kier molecular flexibility index (Phi) is 3.94. The van der Waals surface area contributed by atoms with E-state index in [1.54, 1.807) is 13.2 Å². The molecule has 0 radical (unpaired) electrons. The normalized spacial score (nSPS) is 11.6. The second-order valence-corrected chi connectivity index (χ2v) is 3.01. The summed E-state index contributed by atoms with van der Waals surface area (Å²) in [7, 11) is 0. The second kappa shape index (κ2) is 5.24. The Labute approximate surface area is 82.2 Å². The van der Waals surface area contributed by atoms with Crippen LogP contribution in [0.4, 0.5) is 0 Å². The van der Waals surface area contributed by atoms with Crippen LogP contribution < -0.4 is 5.32 Å². The molecule has 0 fully saturated rings. The molecule has 0 aromatic carbocycles. The van der Waals surface area contributed by atoms with Gasteiger partial charge in [0.15, 0.2) is 0 Å². The molecule has 4 nitrogen and oxygen atoms in total. The Morgan fingerprint density at radius 3 is 3.07 bits per heavy atom. The van der Waals surface area contributed by atoms with Crippen molar-refractivity contribution in [1.82, 2.24) is 5.32 Å². The topological polar surface area (TPSA) is 62.5 Å². The van der Waals surface area contributed by atoms with Crippen molar-refractivity contribution in [2.24, 2.45) is 0 Å². The van der Waals surface area contributed by atoms with Gasteiger partial charge in [0.2, 0.25) is 0 Å². The van der Waals surface area contributed by atoms with E-state index in [1.165, 1.54) is 6.08 Å². The first-order valence-electron chi connectivity index (χ1n) is 4.31. The van der Waals surface area contributed by atoms with Crippen LogP contribution in [0.1, 0.15) is 12.7 Å². The number of carboxylic acid groups (broad SMARTS) is 1. The standard InChI is InChI=1S/C10H13NO3/c1-8(5-10(12)13)6-11-7-9-3-2-4-14-9/h2-5,11H,6-7H2,1H3,(H,12,13)/b8-5-. The molecule has 1 rings (SSSR count). The van der Waals surface area contributed by atoms with Crippen molar-refractivity contribution in [3.05, 3.63) is 35.8 Å². The minimum Gasteiger partial charge on any atom is -0.478 e. The highest BCUT2D eigenvalue weighted by Gasteiger charge is 1.96. The molecule has 0 spiro atoms. The zero-order valence-electron chi connectivity index (χ0n) is 7.99. The number of hydrogen-bond donors (Lipinski definition) is 2. The minimum absolute atomic E-state index is 0.549. The zero-order chi connectivity index (χ0) is 10.4. The van der Waals surface area contributed by atoms with E-state index in [1.807, 2.05) is 12.1 Å². The molecule has 0 amide bonds. The molecule has 1 aromatic rings. The zero-order valence-corrected chi connectivity index (χ0v) is 7.99. The van der Waals surface area contributed by atoms with E-state index < -0.39 is 5.97 Å². The largest absolute Gasteiger partial charge is 0.478 e. The molecule has 0 aliphatic rings. The molecule has 4 heteroatoms. The van der Waals surface area contributed by atoms with Crippen LogP contribution in [-0.2, 0) is 11.3 Å². The lowest BCUT2D eigenvalue weighted by Crippen LogP contribution is -2.15. The number of carboxylic acids is 1. The van der Waals surface area contributed by atoms with Crippen molar-refractivity contribution in [2.45, 2.75) is 13.5 Å². The molecular formula is C10H13NO3. The van der Waals surface area contributed by atoms with Crippen LogP contribution in [0.15, 0.2) is 34.5 Å². The SMILES string of the molecule is C/C(=C/C(=O)O)CNCc1ccco1. The molecule has 0 bridgehead atoms. The van der Waals surface area contributed by atoms with Crippen molar-refractivity contribution >= 4 is 5.97 Å². The van der Waals surface area contributed by atoms with Gasteiger partial charge in [-0.05, 0) is 19.1 Å². The van der Waals surface area contributed by atoms with Gasteiger partial charge in [-0.3, -0.25) is 0 Å². The van der Waals surface area contributed by atoms with Crippen molar-refractivity contribution < 1.29 is 14.3 Å². The summed E-state index contributed by atoms with van der Waals surface area (Å²) in [6, 6.07) is 3.68. The van der Waals surface area contributed by atoms with Gasteiger partial charge in [0.05, 0.1) is 12.8 Å². The van der Waals surface area contributed by atoms with E-state index in [9.17, 15) is 4.79 Å². The maximum absolute atomic E-state index is 10.3. The predicted octanol–water partition coefficient (Wildman–Crippen LogP) is 1.40. The number of furan rings is 1. The van der Waals surface area contributed by atoms with Gasteiger partial charge in [0, 0.05) is 12.6 Å². The van der Waals surface area contributed by atoms with Crippen LogP contribution in [0.3, 0.4) is 0 Å². The number of aliphatic carboxylic acids is 1. The molecule has 76 valence electrons. The fraction of sp³-hybridized carbons (Fsp3) is 0.300. The molecule has 0 saturated heterocycles. The van der Waals surface area contributed by atoms with Crippen LogP contribution in [0.25, 0.3) is 0 Å². The number of rotatable bonds is 5. The fourth-order valence-electron chi connectivity index (χ4n) is 1.06. The van der Waals surface area contributed by atoms with E-state index in [0.717, 1.165) is 11.3 Å². The quantitative estimate of drug-likeness (QED) is 0.697. The van der Waals surface area contributed by atoms with E-state index >= 15 is 0 Å². The first-order valence-corrected chi connectivity index (χ1v) is 4.31. The van der Waals surface area contributed by atoms with E-state index in [0.29, 0.717) is 13.1 Å². The van der Waals surface area contributed by atoms with E-state index in [4.69, 9.17) is 9.52 Å². The Morgan fingerprint density at radius 2 is 2.50 bits per heavy atom. The molecule has 14 heavy (non-hydrogen) atoms. The van der Waals surface area contributed by atoms with Gasteiger partial charge < -0.3 is 14.8 Å². The molecule has 0 atom stereocenters. The van der Waals surface area contributed by atoms with Gasteiger partial charge in [-0.25, -0.2) is 4.79 Å². The van der Waals surface area contributed by atoms with Crippen LogP contribution >= 0.6 is 0 Å². The summed E-state index contributed by atoms with van der Waals surface area (Å²) in [4.78, 5) is 10.3. The summed E-state index contributed by atoms with van der Waals surface area (Å²) in [5.74, 6) is -0.0737. The third-order valence-electron chi connectivity index (χ3n) is 1.65. The molecule has 1 aromatic heterocycles. The average Bonchev–Trinajstić information content (AvgIpc) is 2.55. The molecule has 0 aliphatic carbocycles. The third kappa shape index (κ3) is 3.91. The van der Waals surface area contributed by atoms with Crippen molar-refractivity contribution in [1.29, 1.82) is 0 Å². The van der Waals surface area contributed by atoms with Crippen LogP contribution in [-0.4, -0.2) is 17.6 Å². The van der Waals surface area contributed by atoms with Crippen LogP contribution in [0.5, 0.6) is 0 Å². The van der Waals surface area contributed by atoms with Gasteiger partial charge in [0.1, 0.15) is 5.76 Å². The van der Waals surface area contributed by atoms with Crippen LogP contribution in [0, 0.1) is 0 Å². The summed E-state index contributed by atoms with van der Waals surface area (Å²) in [5.41, 5.74) is 0.782. The van der Waals surface area contributed by atoms with Crippen molar-refractivity contribution in [3.63, 3.8) is 0 Å². The highest BCUT2D eigenvalue weighted by molar-refractivity contribution is 5.80. The average molecular weight is 195 g/mol. The number of carbonyl (C=O) groups is 1. The van der Waals surface area contributed by atoms with Gasteiger partial charge in [-0.15, -0.1) is 0 Å². The summed E-state index contributed by atoms with van der Waals surface area (Å²) in [6.07, 6.45) is 2.80. The molecule has 2 N–H and O–H groups in total.